The highest BCUT2D eigenvalue weighted by molar-refractivity contribution is 8.13. The highest BCUT2D eigenvalue weighted by atomic mass is 32.2. The number of amides is 2. The zero-order valence-corrected chi connectivity index (χ0v) is 34.8. The van der Waals surface area contributed by atoms with Gasteiger partial charge in [-0.1, -0.05) is 25.6 Å². The average Bonchev–Trinajstić information content (AvgIpc) is 3.67. The number of carboxylic acid groups (broad SMARTS) is 1. The van der Waals surface area contributed by atoms with Gasteiger partial charge >= 0.3 is 29.4 Å². The van der Waals surface area contributed by atoms with Crippen LogP contribution in [0.1, 0.15) is 52.2 Å². The molecule has 31 heteroatoms. The van der Waals surface area contributed by atoms with Gasteiger partial charge in [0.1, 0.15) is 36.3 Å². The minimum absolute atomic E-state index is 0.0169. The van der Waals surface area contributed by atoms with Gasteiger partial charge in [-0.25, -0.2) is 28.6 Å². The molecule has 2 aromatic rings. The molecule has 12 N–H and O–H groups in total. The maximum absolute atomic E-state index is 12.7. The van der Waals surface area contributed by atoms with E-state index in [1.54, 1.807) is 0 Å². The Balaban J connectivity index is 1.44. The summed E-state index contributed by atoms with van der Waals surface area (Å²) in [6, 6.07) is 0. The molecular formula is C28H46N7O20P3S. The van der Waals surface area contributed by atoms with E-state index >= 15 is 0 Å². The number of ether oxygens (including phenoxy) is 1. The third kappa shape index (κ3) is 16.4. The zero-order chi connectivity index (χ0) is 44.3. The summed E-state index contributed by atoms with van der Waals surface area (Å²) in [5.41, 5.74) is 4.19. The SMILES string of the molecule is CC(C)(COP(=O)(O)OP(=O)(O)OC[C@H]1O[C@@H](n2cnc3c(N)ncnc32)[C@H](O)[C@@H]1OP(=O)(O)O)C(O)C(=O)NCCC(=O)NCCSC(=O)CC(O)CCCC(=O)O. The van der Waals surface area contributed by atoms with Gasteiger partial charge < -0.3 is 61.1 Å². The van der Waals surface area contributed by atoms with Crippen molar-refractivity contribution in [2.24, 2.45) is 5.41 Å². The molecule has 27 nitrogen and oxygen atoms in total. The summed E-state index contributed by atoms with van der Waals surface area (Å²) >= 11 is 0.862. The number of aliphatic hydroxyl groups is 3. The lowest BCUT2D eigenvalue weighted by molar-refractivity contribution is -0.138. The lowest BCUT2D eigenvalue weighted by atomic mass is 9.87. The number of nitrogens with two attached hydrogens (primary N) is 1. The van der Waals surface area contributed by atoms with Gasteiger partial charge in [-0.05, 0) is 12.8 Å². The molecular weight excluding hydrogens is 879 g/mol. The predicted molar refractivity (Wildman–Crippen MR) is 199 cm³/mol. The smallest absolute Gasteiger partial charge is 0.481 e. The van der Waals surface area contributed by atoms with Crippen LogP contribution in [0.5, 0.6) is 0 Å². The number of carboxylic acids is 1. The third-order valence-electron chi connectivity index (χ3n) is 8.10. The molecule has 8 atom stereocenters. The van der Waals surface area contributed by atoms with Gasteiger partial charge in [-0.15, -0.1) is 0 Å². The largest absolute Gasteiger partial charge is 0.481 e. The highest BCUT2D eigenvalue weighted by Crippen LogP contribution is 2.61. The van der Waals surface area contributed by atoms with E-state index in [4.69, 9.17) is 24.6 Å². The van der Waals surface area contributed by atoms with Gasteiger partial charge in [0.05, 0.1) is 25.6 Å². The van der Waals surface area contributed by atoms with E-state index in [-0.39, 0.29) is 73.0 Å². The number of aliphatic hydroxyl groups excluding tert-OH is 3. The lowest BCUT2D eigenvalue weighted by Gasteiger charge is -2.30. The molecule has 0 saturated carbocycles. The molecule has 59 heavy (non-hydrogen) atoms. The molecule has 0 aliphatic carbocycles. The van der Waals surface area contributed by atoms with E-state index in [1.165, 1.54) is 13.8 Å². The fourth-order valence-electron chi connectivity index (χ4n) is 5.14. The van der Waals surface area contributed by atoms with Crippen molar-refractivity contribution in [3.05, 3.63) is 12.7 Å². The van der Waals surface area contributed by atoms with Crippen LogP contribution in [0.15, 0.2) is 12.7 Å². The first-order valence-electron chi connectivity index (χ1n) is 17.3. The van der Waals surface area contributed by atoms with E-state index in [0.717, 1.165) is 29.0 Å². The number of phosphoric acid groups is 3. The summed E-state index contributed by atoms with van der Waals surface area (Å²) in [5, 5.41) is 44.3. The van der Waals surface area contributed by atoms with Crippen molar-refractivity contribution < 1.29 is 95.5 Å². The number of anilines is 1. The summed E-state index contributed by atoms with van der Waals surface area (Å²) in [4.78, 5) is 98.0. The number of nitrogen functional groups attached to an aromatic ring is 1. The molecule has 0 bridgehead atoms. The number of hydrogen-bond acceptors (Lipinski definition) is 20. The van der Waals surface area contributed by atoms with E-state index in [9.17, 15) is 67.8 Å². The number of fused-ring (bicyclic) bond motifs is 1. The number of carbonyl (C=O) groups excluding carboxylic acids is 3. The number of imidazole rings is 1. The molecule has 1 fully saturated rings. The number of aromatic nitrogens is 4. The van der Waals surface area contributed by atoms with Crippen molar-refractivity contribution in [3.63, 3.8) is 0 Å². The van der Waals surface area contributed by atoms with E-state index in [1.807, 2.05) is 0 Å². The molecule has 1 aliphatic rings. The molecule has 0 radical (unpaired) electrons. The summed E-state index contributed by atoms with van der Waals surface area (Å²) in [5.74, 6) is -2.44. The molecule has 2 aromatic heterocycles. The maximum Gasteiger partial charge on any atom is 0.481 e. The van der Waals surface area contributed by atoms with Gasteiger partial charge in [-0.2, -0.15) is 4.31 Å². The first-order valence-corrected chi connectivity index (χ1v) is 22.8. The number of phosphoric ester groups is 3. The summed E-state index contributed by atoms with van der Waals surface area (Å²) in [6.45, 7) is 0.176. The Morgan fingerprint density at radius 2 is 1.69 bits per heavy atom. The van der Waals surface area contributed by atoms with Crippen LogP contribution in [0.3, 0.4) is 0 Å². The molecule has 0 aromatic carbocycles. The Kier molecular flexibility index (Phi) is 18.5. The van der Waals surface area contributed by atoms with Crippen LogP contribution >= 0.6 is 35.2 Å². The second-order valence-corrected chi connectivity index (χ2v) is 18.8. The van der Waals surface area contributed by atoms with Crippen LogP contribution in [0.25, 0.3) is 11.2 Å². The number of thioether (sulfide) groups is 1. The predicted octanol–water partition coefficient (Wildman–Crippen LogP) is -1.33. The van der Waals surface area contributed by atoms with Gasteiger partial charge in [0, 0.05) is 43.5 Å². The number of hydrogen-bond donors (Lipinski definition) is 11. The van der Waals surface area contributed by atoms with E-state index < -0.39 is 96.6 Å². The van der Waals surface area contributed by atoms with Crippen LogP contribution in [-0.4, -0.2) is 145 Å². The minimum atomic E-state index is -5.60. The molecule has 334 valence electrons. The van der Waals surface area contributed by atoms with Crippen LogP contribution in [-0.2, 0) is 55.5 Å². The Labute approximate surface area is 338 Å². The summed E-state index contributed by atoms with van der Waals surface area (Å²) in [6.07, 6.45) is -8.05. The third-order valence-corrected chi connectivity index (χ3v) is 12.1. The van der Waals surface area contributed by atoms with Gasteiger partial charge in [0.15, 0.2) is 22.8 Å². The molecule has 2 amide bonds. The molecule has 1 saturated heterocycles. The Morgan fingerprint density at radius 3 is 2.36 bits per heavy atom. The first kappa shape index (κ1) is 50.3. The fourth-order valence-corrected chi connectivity index (χ4v) is 8.71. The van der Waals surface area contributed by atoms with Crippen molar-refractivity contribution in [2.75, 3.05) is 37.8 Å². The van der Waals surface area contributed by atoms with Crippen molar-refractivity contribution in [3.8, 4) is 0 Å². The molecule has 4 unspecified atom stereocenters. The number of rotatable bonds is 25. The lowest BCUT2D eigenvalue weighted by Crippen LogP contribution is -2.46. The zero-order valence-electron chi connectivity index (χ0n) is 31.3. The monoisotopic (exact) mass is 925 g/mol. The number of aliphatic carboxylic acids is 1. The summed E-state index contributed by atoms with van der Waals surface area (Å²) in [7, 11) is -16.5. The first-order chi connectivity index (χ1) is 27.3. The second kappa shape index (κ2) is 21.7. The highest BCUT2D eigenvalue weighted by Gasteiger charge is 2.50. The molecule has 3 rings (SSSR count). The molecule has 1 aliphatic heterocycles. The Bertz CT molecular complexity index is 1940. The second-order valence-electron chi connectivity index (χ2n) is 13.4. The fraction of sp³-hybridized carbons (Fsp3) is 0.679. The summed E-state index contributed by atoms with van der Waals surface area (Å²) < 4.78 is 62.0. The van der Waals surface area contributed by atoms with Crippen molar-refractivity contribution in [1.29, 1.82) is 0 Å². The van der Waals surface area contributed by atoms with Crippen molar-refractivity contribution in [2.45, 2.75) is 82.7 Å². The van der Waals surface area contributed by atoms with E-state index in [0.29, 0.717) is 0 Å². The van der Waals surface area contributed by atoms with Gasteiger partial charge in [-0.3, -0.25) is 37.3 Å². The minimum Gasteiger partial charge on any atom is -0.481 e. The van der Waals surface area contributed by atoms with Crippen molar-refractivity contribution >= 4 is 75.1 Å². The van der Waals surface area contributed by atoms with Gasteiger partial charge in [0.25, 0.3) is 0 Å². The quantitative estimate of drug-likeness (QED) is 0.0406. The van der Waals surface area contributed by atoms with Crippen LogP contribution in [0.4, 0.5) is 5.82 Å². The number of carbonyl (C=O) groups is 4. The van der Waals surface area contributed by atoms with Gasteiger partial charge in [0.2, 0.25) is 11.8 Å². The van der Waals surface area contributed by atoms with Crippen LogP contribution in [0.2, 0.25) is 0 Å². The Morgan fingerprint density at radius 1 is 1.02 bits per heavy atom. The molecule has 0 spiro atoms. The van der Waals surface area contributed by atoms with Crippen LogP contribution < -0.4 is 16.4 Å². The number of nitrogens with zero attached hydrogens (tertiary/aromatic N) is 4. The Hall–Kier alpha value is -3.01. The maximum atomic E-state index is 12.7. The molecule has 3 heterocycles. The normalized spacial score (nSPS) is 21.6. The standard InChI is InChI=1S/C28H46N7O20P3S/c1-28(2,23(42)26(43)31-7-6-17(37)30-8-9-59-19(40)10-15(36)4-3-5-18(38)39)12-52-58(49,50)55-57(47,48)51-11-16-22(54-56(44,45)46)21(41)27(53-16)35-14-34-20-24(29)32-13-33-25(20)35/h13-16,21-23,27,36,41-42H,3-12H2,1-2H3,(H,30,37)(H,31,43)(H,38,39)(H,47,48)(H,49,50)(H2,29,32,33)(H2,44,45,46)/t15?,16-,21-,22-,23?,27-/m1/s1. The number of nitrogens with one attached hydrogen (secondary N) is 2. The average molecular weight is 926 g/mol. The van der Waals surface area contributed by atoms with Crippen molar-refractivity contribution in [1.82, 2.24) is 30.2 Å². The van der Waals surface area contributed by atoms with Crippen LogP contribution in [0, 0.1) is 5.41 Å². The van der Waals surface area contributed by atoms with E-state index in [2.05, 4.69) is 34.4 Å². The topological polar surface area (TPSA) is 421 Å².